The molecule has 0 saturated heterocycles. The molecule has 1 aromatic heterocycles. The summed E-state index contributed by atoms with van der Waals surface area (Å²) in [4.78, 5) is 4.16. The monoisotopic (exact) mass is 266 g/mol. The van der Waals surface area contributed by atoms with Crippen molar-refractivity contribution in [1.29, 1.82) is 0 Å². The molecule has 0 spiro atoms. The van der Waals surface area contributed by atoms with Crippen molar-refractivity contribution in [2.75, 3.05) is 26.8 Å². The second-order valence-electron chi connectivity index (χ2n) is 5.38. The molecule has 0 radical (unpaired) electrons. The van der Waals surface area contributed by atoms with Gasteiger partial charge in [0, 0.05) is 43.7 Å². The van der Waals surface area contributed by atoms with Gasteiger partial charge in [-0.25, -0.2) is 0 Å². The van der Waals surface area contributed by atoms with Gasteiger partial charge in [-0.1, -0.05) is 0 Å². The predicted octanol–water partition coefficient (Wildman–Crippen LogP) is 1.87. The highest BCUT2D eigenvalue weighted by molar-refractivity contribution is 7.10. The third-order valence-electron chi connectivity index (χ3n) is 3.93. The number of nitrogens with zero attached hydrogens (tertiary/aromatic N) is 1. The van der Waals surface area contributed by atoms with Crippen LogP contribution in [0.2, 0.25) is 0 Å². The number of thiophene rings is 1. The zero-order valence-corrected chi connectivity index (χ0v) is 11.8. The maximum absolute atomic E-state index is 5.40. The van der Waals surface area contributed by atoms with Gasteiger partial charge in [0.05, 0.1) is 6.61 Å². The smallest absolute Gasteiger partial charge is 0.0630 e. The molecule has 2 aliphatic rings. The minimum Gasteiger partial charge on any atom is -0.383 e. The first kappa shape index (κ1) is 12.6. The Hall–Kier alpha value is -0.420. The van der Waals surface area contributed by atoms with Crippen LogP contribution in [0, 0.1) is 0 Å². The van der Waals surface area contributed by atoms with Crippen LogP contribution < -0.4 is 5.32 Å². The van der Waals surface area contributed by atoms with Gasteiger partial charge in [-0.05, 0) is 36.3 Å². The summed E-state index contributed by atoms with van der Waals surface area (Å²) in [6.07, 6.45) is 3.92. The van der Waals surface area contributed by atoms with E-state index in [1.165, 1.54) is 31.4 Å². The Morgan fingerprint density at radius 2 is 2.44 bits per heavy atom. The van der Waals surface area contributed by atoms with Gasteiger partial charge in [0.15, 0.2) is 0 Å². The fraction of sp³-hybridized carbons (Fsp3) is 0.714. The van der Waals surface area contributed by atoms with E-state index in [1.807, 2.05) is 18.4 Å². The second kappa shape index (κ2) is 5.70. The van der Waals surface area contributed by atoms with Crippen LogP contribution in [0.1, 0.15) is 23.3 Å². The number of rotatable bonds is 6. The molecule has 1 N–H and O–H groups in total. The summed E-state index contributed by atoms with van der Waals surface area (Å²) >= 11 is 1.91. The fourth-order valence-electron chi connectivity index (χ4n) is 2.66. The maximum Gasteiger partial charge on any atom is 0.0630 e. The fourth-order valence-corrected chi connectivity index (χ4v) is 3.55. The molecule has 0 amide bonds. The van der Waals surface area contributed by atoms with Crippen molar-refractivity contribution in [2.45, 2.75) is 37.9 Å². The summed E-state index contributed by atoms with van der Waals surface area (Å²) in [5.74, 6) is 0. The van der Waals surface area contributed by atoms with Crippen LogP contribution in [0.5, 0.6) is 0 Å². The first-order valence-electron chi connectivity index (χ1n) is 6.88. The average molecular weight is 266 g/mol. The van der Waals surface area contributed by atoms with Gasteiger partial charge in [0.2, 0.25) is 0 Å². The van der Waals surface area contributed by atoms with Crippen LogP contribution in [0.4, 0.5) is 0 Å². The van der Waals surface area contributed by atoms with Gasteiger partial charge in [-0.15, -0.1) is 11.3 Å². The highest BCUT2D eigenvalue weighted by atomic mass is 32.1. The molecule has 1 aromatic rings. The van der Waals surface area contributed by atoms with Crippen LogP contribution in [-0.4, -0.2) is 43.8 Å². The molecule has 1 atom stereocenters. The van der Waals surface area contributed by atoms with Gasteiger partial charge in [0.25, 0.3) is 0 Å². The zero-order valence-electron chi connectivity index (χ0n) is 11.0. The van der Waals surface area contributed by atoms with Crippen LogP contribution in [0.25, 0.3) is 0 Å². The van der Waals surface area contributed by atoms with Gasteiger partial charge in [0.1, 0.15) is 0 Å². The quantitative estimate of drug-likeness (QED) is 0.851. The van der Waals surface area contributed by atoms with E-state index in [0.29, 0.717) is 6.04 Å². The van der Waals surface area contributed by atoms with Crippen molar-refractivity contribution in [3.63, 3.8) is 0 Å². The molecule has 1 unspecified atom stereocenters. The Morgan fingerprint density at radius 1 is 1.56 bits per heavy atom. The number of methoxy groups -OCH3 is 1. The maximum atomic E-state index is 5.40. The topological polar surface area (TPSA) is 24.5 Å². The molecule has 0 aromatic carbocycles. The highest BCUT2D eigenvalue weighted by Crippen LogP contribution is 2.25. The SMILES string of the molecule is COCC(CNC1CC1)N1CCc2sccc2C1. The minimum atomic E-state index is 0.517. The molecular weight excluding hydrogens is 244 g/mol. The molecule has 1 aliphatic carbocycles. The first-order chi connectivity index (χ1) is 8.86. The summed E-state index contributed by atoms with van der Waals surface area (Å²) in [6, 6.07) is 3.58. The Labute approximate surface area is 113 Å². The number of nitrogens with one attached hydrogen (secondary N) is 1. The molecular formula is C14H22N2OS. The largest absolute Gasteiger partial charge is 0.383 e. The molecule has 4 heteroatoms. The van der Waals surface area contributed by atoms with Crippen molar-refractivity contribution in [1.82, 2.24) is 10.2 Å². The van der Waals surface area contributed by atoms with E-state index < -0.39 is 0 Å². The molecule has 1 saturated carbocycles. The van der Waals surface area contributed by atoms with E-state index in [9.17, 15) is 0 Å². The van der Waals surface area contributed by atoms with E-state index in [2.05, 4.69) is 21.7 Å². The van der Waals surface area contributed by atoms with Gasteiger partial charge in [-0.2, -0.15) is 0 Å². The lowest BCUT2D eigenvalue weighted by molar-refractivity contribution is 0.0809. The Kier molecular flexibility index (Phi) is 3.99. The number of fused-ring (bicyclic) bond motifs is 1. The molecule has 3 rings (SSSR count). The molecule has 0 bridgehead atoms. The lowest BCUT2D eigenvalue weighted by Gasteiger charge is -2.34. The normalized spacial score (nSPS) is 21.8. The predicted molar refractivity (Wildman–Crippen MR) is 75.1 cm³/mol. The standard InChI is InChI=1S/C14H22N2OS/c1-17-10-13(8-15-12-2-3-12)16-6-4-14-11(9-16)5-7-18-14/h5,7,12-13,15H,2-4,6,8-10H2,1H3. The molecule has 3 nitrogen and oxygen atoms in total. The Bertz CT molecular complexity index is 389. The second-order valence-corrected chi connectivity index (χ2v) is 6.38. The van der Waals surface area contributed by atoms with Crippen LogP contribution in [0.15, 0.2) is 11.4 Å². The van der Waals surface area contributed by atoms with Crippen LogP contribution >= 0.6 is 11.3 Å². The molecule has 18 heavy (non-hydrogen) atoms. The van der Waals surface area contributed by atoms with Gasteiger partial charge < -0.3 is 10.1 Å². The number of ether oxygens (including phenoxy) is 1. The summed E-state index contributed by atoms with van der Waals surface area (Å²) in [6.45, 7) is 4.17. The number of hydrogen-bond donors (Lipinski definition) is 1. The molecule has 1 fully saturated rings. The Balaban J connectivity index is 1.59. The average Bonchev–Trinajstić information content (AvgIpc) is 3.10. The lowest BCUT2D eigenvalue weighted by Crippen LogP contribution is -2.47. The van der Waals surface area contributed by atoms with E-state index in [0.717, 1.165) is 25.7 Å². The molecule has 100 valence electrons. The van der Waals surface area contributed by atoms with E-state index >= 15 is 0 Å². The minimum absolute atomic E-state index is 0.517. The van der Waals surface area contributed by atoms with Crippen molar-refractivity contribution in [2.24, 2.45) is 0 Å². The van der Waals surface area contributed by atoms with Crippen LogP contribution in [0.3, 0.4) is 0 Å². The summed E-state index contributed by atoms with van der Waals surface area (Å²) in [5, 5.41) is 5.86. The van der Waals surface area contributed by atoms with E-state index in [4.69, 9.17) is 4.74 Å². The number of hydrogen-bond acceptors (Lipinski definition) is 4. The highest BCUT2D eigenvalue weighted by Gasteiger charge is 2.27. The van der Waals surface area contributed by atoms with E-state index in [-0.39, 0.29) is 0 Å². The van der Waals surface area contributed by atoms with Gasteiger partial charge >= 0.3 is 0 Å². The Morgan fingerprint density at radius 3 is 3.22 bits per heavy atom. The van der Waals surface area contributed by atoms with E-state index in [1.54, 1.807) is 4.88 Å². The third kappa shape index (κ3) is 2.94. The lowest BCUT2D eigenvalue weighted by atomic mass is 10.1. The third-order valence-corrected chi connectivity index (χ3v) is 4.96. The molecule has 1 aliphatic heterocycles. The summed E-state index contributed by atoms with van der Waals surface area (Å²) in [7, 11) is 1.81. The zero-order chi connectivity index (χ0) is 12.4. The van der Waals surface area contributed by atoms with Crippen LogP contribution in [-0.2, 0) is 17.7 Å². The van der Waals surface area contributed by atoms with Crippen molar-refractivity contribution >= 4 is 11.3 Å². The summed E-state index contributed by atoms with van der Waals surface area (Å²) < 4.78 is 5.40. The molecule has 2 heterocycles. The van der Waals surface area contributed by atoms with Crippen molar-refractivity contribution < 1.29 is 4.74 Å². The summed E-state index contributed by atoms with van der Waals surface area (Å²) in [5.41, 5.74) is 1.53. The van der Waals surface area contributed by atoms with Crippen molar-refractivity contribution in [3.05, 3.63) is 21.9 Å². The first-order valence-corrected chi connectivity index (χ1v) is 7.76. The van der Waals surface area contributed by atoms with Gasteiger partial charge in [-0.3, -0.25) is 4.90 Å². The van der Waals surface area contributed by atoms with Crippen molar-refractivity contribution in [3.8, 4) is 0 Å².